The van der Waals surface area contributed by atoms with E-state index in [1.165, 1.54) is 0 Å². The summed E-state index contributed by atoms with van der Waals surface area (Å²) in [5.74, 6) is 2.04. The molecule has 1 amide bonds. The quantitative estimate of drug-likeness (QED) is 0.206. The van der Waals surface area contributed by atoms with Gasteiger partial charge in [-0.2, -0.15) is 4.98 Å². The molecule has 6 rings (SSSR count). The van der Waals surface area contributed by atoms with Crippen LogP contribution < -0.4 is 20.1 Å². The second kappa shape index (κ2) is 12.2. The fourth-order valence-electron chi connectivity index (χ4n) is 5.14. The number of fused-ring (bicyclic) bond motifs is 1. The molecule has 2 aromatic heterocycles. The summed E-state index contributed by atoms with van der Waals surface area (Å²) in [6.07, 6.45) is 3.28. The summed E-state index contributed by atoms with van der Waals surface area (Å²) in [5.41, 5.74) is 5.59. The summed E-state index contributed by atoms with van der Waals surface area (Å²) in [5, 5.41) is 11.2. The fourth-order valence-corrected chi connectivity index (χ4v) is 5.14. The maximum atomic E-state index is 13.9. The van der Waals surface area contributed by atoms with E-state index in [0.717, 1.165) is 22.3 Å². The summed E-state index contributed by atoms with van der Waals surface area (Å²) in [7, 11) is 0. The van der Waals surface area contributed by atoms with Gasteiger partial charge in [0.15, 0.2) is 17.3 Å². The van der Waals surface area contributed by atoms with Gasteiger partial charge in [-0.1, -0.05) is 60.7 Å². The molecule has 0 aliphatic carbocycles. The van der Waals surface area contributed by atoms with Crippen LogP contribution in [0, 0.1) is 6.92 Å². The minimum absolute atomic E-state index is 0.274. The summed E-state index contributed by atoms with van der Waals surface area (Å²) < 4.78 is 14.0. The lowest BCUT2D eigenvalue weighted by Gasteiger charge is -2.29. The van der Waals surface area contributed by atoms with Crippen molar-refractivity contribution in [3.05, 3.63) is 125 Å². The smallest absolute Gasteiger partial charge is 0.255 e. The second-order valence-electron chi connectivity index (χ2n) is 10.2. The molecule has 5 aromatic rings. The zero-order chi connectivity index (χ0) is 29.8. The van der Waals surface area contributed by atoms with Crippen LogP contribution in [0.15, 0.2) is 109 Å². The average molecular weight is 573 g/mol. The van der Waals surface area contributed by atoms with Crippen LogP contribution in [-0.4, -0.2) is 32.3 Å². The number of aryl methyl sites for hydroxylation is 1. The Balaban J connectivity index is 1.42. The van der Waals surface area contributed by atoms with Gasteiger partial charge in [-0.3, -0.25) is 9.78 Å². The number of rotatable bonds is 9. The molecule has 2 N–H and O–H groups in total. The fraction of sp³-hybridized carbons (Fsp3) is 0.176. The van der Waals surface area contributed by atoms with Gasteiger partial charge >= 0.3 is 0 Å². The number of carbonyl (C=O) groups excluding carboxylic acids is 1. The minimum atomic E-state index is -0.597. The van der Waals surface area contributed by atoms with Crippen LogP contribution >= 0.6 is 0 Å². The van der Waals surface area contributed by atoms with Crippen molar-refractivity contribution in [2.24, 2.45) is 0 Å². The van der Waals surface area contributed by atoms with Gasteiger partial charge in [-0.15, -0.1) is 5.10 Å². The van der Waals surface area contributed by atoms with Crippen molar-refractivity contribution < 1.29 is 14.3 Å². The largest absolute Gasteiger partial charge is 0.490 e. The molecule has 9 nitrogen and oxygen atoms in total. The number of allylic oxidation sites excluding steroid dienone is 1. The molecule has 43 heavy (non-hydrogen) atoms. The maximum Gasteiger partial charge on any atom is 0.255 e. The molecule has 216 valence electrons. The summed E-state index contributed by atoms with van der Waals surface area (Å²) in [6, 6.07) is 26.7. The molecule has 0 spiro atoms. The summed E-state index contributed by atoms with van der Waals surface area (Å²) in [4.78, 5) is 22.9. The first-order valence-electron chi connectivity index (χ1n) is 14.2. The molecule has 0 bridgehead atoms. The van der Waals surface area contributed by atoms with Gasteiger partial charge in [0, 0.05) is 17.5 Å². The first-order chi connectivity index (χ1) is 21.0. The lowest BCUT2D eigenvalue weighted by atomic mass is 9.94. The van der Waals surface area contributed by atoms with E-state index >= 15 is 0 Å². The molecule has 0 saturated carbocycles. The van der Waals surface area contributed by atoms with Gasteiger partial charge in [0.2, 0.25) is 5.95 Å². The Bertz CT molecular complexity index is 1780. The number of hydrogen-bond acceptors (Lipinski definition) is 7. The van der Waals surface area contributed by atoms with E-state index in [4.69, 9.17) is 19.6 Å². The number of nitrogens with one attached hydrogen (secondary N) is 2. The highest BCUT2D eigenvalue weighted by atomic mass is 16.5. The first kappa shape index (κ1) is 27.7. The Morgan fingerprint density at radius 3 is 2.53 bits per heavy atom. The molecule has 3 aromatic carbocycles. The zero-order valence-electron chi connectivity index (χ0n) is 24.2. The van der Waals surface area contributed by atoms with Crippen LogP contribution in [0.1, 0.15) is 36.6 Å². The van der Waals surface area contributed by atoms with E-state index in [2.05, 4.69) is 15.6 Å². The average Bonchev–Trinajstić information content (AvgIpc) is 3.44. The Kier molecular flexibility index (Phi) is 7.86. The first-order valence-corrected chi connectivity index (χ1v) is 14.2. The third kappa shape index (κ3) is 5.83. The Morgan fingerprint density at radius 1 is 0.953 bits per heavy atom. The number of hydrogen-bond donors (Lipinski definition) is 2. The van der Waals surface area contributed by atoms with Gasteiger partial charge in [-0.25, -0.2) is 4.68 Å². The van der Waals surface area contributed by atoms with E-state index in [0.29, 0.717) is 53.4 Å². The number of pyridine rings is 1. The number of amides is 1. The number of nitrogens with zero attached hydrogens (tertiary/aromatic N) is 4. The maximum absolute atomic E-state index is 13.9. The molecule has 3 heterocycles. The van der Waals surface area contributed by atoms with Gasteiger partial charge in [0.1, 0.15) is 12.6 Å². The lowest BCUT2D eigenvalue weighted by Crippen LogP contribution is -2.31. The van der Waals surface area contributed by atoms with Crippen molar-refractivity contribution in [2.45, 2.75) is 33.4 Å². The standard InChI is InChI=1S/C34H32N6O3/c1-4-42-29-19-25(16-17-28(29)43-21-24-12-6-5-7-13-24)31-30(33(41)37-26-14-10-18-35-20-26)23(3)36-34-38-32(39-40(31)34)27-15-9-8-11-22(27)2/h5-20,31H,4,21H2,1-3H3,(H,37,41)(H,36,38,39). The van der Waals surface area contributed by atoms with Crippen molar-refractivity contribution in [3.8, 4) is 22.9 Å². The summed E-state index contributed by atoms with van der Waals surface area (Å²) in [6.45, 7) is 6.68. The number of ether oxygens (including phenoxy) is 2. The minimum Gasteiger partial charge on any atom is -0.490 e. The number of benzene rings is 3. The molecule has 9 heteroatoms. The molecular weight excluding hydrogens is 540 g/mol. The van der Waals surface area contributed by atoms with E-state index < -0.39 is 6.04 Å². The van der Waals surface area contributed by atoms with E-state index in [-0.39, 0.29) is 5.91 Å². The monoisotopic (exact) mass is 572 g/mol. The van der Waals surface area contributed by atoms with Crippen molar-refractivity contribution in [1.82, 2.24) is 19.7 Å². The third-order valence-electron chi connectivity index (χ3n) is 7.22. The molecule has 1 aliphatic rings. The lowest BCUT2D eigenvalue weighted by molar-refractivity contribution is -0.113. The number of aromatic nitrogens is 4. The Labute approximate surface area is 250 Å². The molecule has 1 atom stereocenters. The van der Waals surface area contributed by atoms with Crippen LogP contribution in [0.2, 0.25) is 0 Å². The van der Waals surface area contributed by atoms with Crippen molar-refractivity contribution >= 4 is 17.5 Å². The molecule has 1 aliphatic heterocycles. The van der Waals surface area contributed by atoms with E-state index in [1.807, 2.05) is 93.6 Å². The highest BCUT2D eigenvalue weighted by Crippen LogP contribution is 2.40. The number of carbonyl (C=O) groups is 1. The molecule has 0 saturated heterocycles. The number of anilines is 2. The van der Waals surface area contributed by atoms with E-state index in [9.17, 15) is 4.79 Å². The van der Waals surface area contributed by atoms with Crippen molar-refractivity contribution in [2.75, 3.05) is 17.2 Å². The normalized spacial score (nSPS) is 14.1. The highest BCUT2D eigenvalue weighted by Gasteiger charge is 2.35. The predicted octanol–water partition coefficient (Wildman–Crippen LogP) is 6.55. The molecule has 0 radical (unpaired) electrons. The van der Waals surface area contributed by atoms with Crippen LogP contribution in [0.4, 0.5) is 11.6 Å². The van der Waals surface area contributed by atoms with Gasteiger partial charge < -0.3 is 20.1 Å². The van der Waals surface area contributed by atoms with Crippen molar-refractivity contribution in [3.63, 3.8) is 0 Å². The molecular formula is C34H32N6O3. The van der Waals surface area contributed by atoms with Crippen molar-refractivity contribution in [1.29, 1.82) is 0 Å². The Morgan fingerprint density at radius 2 is 1.77 bits per heavy atom. The van der Waals surface area contributed by atoms with Crippen LogP contribution in [0.5, 0.6) is 11.5 Å². The van der Waals surface area contributed by atoms with Gasteiger partial charge in [0.25, 0.3) is 5.91 Å². The summed E-state index contributed by atoms with van der Waals surface area (Å²) >= 11 is 0. The third-order valence-corrected chi connectivity index (χ3v) is 7.22. The van der Waals surface area contributed by atoms with Gasteiger partial charge in [-0.05, 0) is 61.7 Å². The van der Waals surface area contributed by atoms with E-state index in [1.54, 1.807) is 29.2 Å². The van der Waals surface area contributed by atoms with Crippen LogP contribution in [0.25, 0.3) is 11.4 Å². The van der Waals surface area contributed by atoms with Crippen LogP contribution in [-0.2, 0) is 11.4 Å². The SMILES string of the molecule is CCOc1cc(C2C(C(=O)Nc3cccnc3)=C(C)Nc3nc(-c4ccccc4C)nn32)ccc1OCc1ccccc1. The topological polar surface area (TPSA) is 103 Å². The van der Waals surface area contributed by atoms with Crippen LogP contribution in [0.3, 0.4) is 0 Å². The predicted molar refractivity (Wildman–Crippen MR) is 166 cm³/mol. The zero-order valence-corrected chi connectivity index (χ0v) is 24.2. The molecule has 1 unspecified atom stereocenters. The molecule has 0 fully saturated rings. The second-order valence-corrected chi connectivity index (χ2v) is 10.2. The Hall–Kier alpha value is -5.44. The highest BCUT2D eigenvalue weighted by molar-refractivity contribution is 6.06. The van der Waals surface area contributed by atoms with Gasteiger partial charge in [0.05, 0.1) is 24.1 Å².